The fraction of sp³-hybridized carbons (Fsp3) is 0.100. The van der Waals surface area contributed by atoms with E-state index in [4.69, 9.17) is 5.73 Å². The van der Waals surface area contributed by atoms with E-state index < -0.39 is 5.97 Å². The third-order valence-corrected chi connectivity index (χ3v) is 1.37. The van der Waals surface area contributed by atoms with Gasteiger partial charge in [0.05, 0.1) is 12.7 Å². The van der Waals surface area contributed by atoms with Gasteiger partial charge in [-0.15, -0.1) is 12.8 Å². The van der Waals surface area contributed by atoms with E-state index in [0.29, 0.717) is 11.3 Å². The van der Waals surface area contributed by atoms with E-state index in [1.807, 2.05) is 0 Å². The monoisotopic (exact) mass is 177 g/mol. The average molecular weight is 177 g/mol. The number of hydrogen-bond acceptors (Lipinski definition) is 3. The van der Waals surface area contributed by atoms with Crippen molar-refractivity contribution in [3.8, 4) is 12.8 Å². The molecule has 1 aromatic rings. The van der Waals surface area contributed by atoms with Crippen molar-refractivity contribution in [1.29, 1.82) is 0 Å². The van der Waals surface area contributed by atoms with Gasteiger partial charge >= 0.3 is 5.97 Å². The highest BCUT2D eigenvalue weighted by Gasteiger charge is 2.06. The van der Waals surface area contributed by atoms with Crippen LogP contribution in [0.2, 0.25) is 0 Å². The fourth-order valence-corrected chi connectivity index (χ4v) is 0.793. The van der Waals surface area contributed by atoms with Crippen LogP contribution < -0.4 is 5.73 Å². The second-order valence-electron chi connectivity index (χ2n) is 2.08. The molecule has 2 N–H and O–H groups in total. The highest BCUT2D eigenvalue weighted by molar-refractivity contribution is 5.94. The molecule has 0 saturated heterocycles. The molecule has 0 heterocycles. The minimum absolute atomic E-state index is 0.400. The van der Waals surface area contributed by atoms with Gasteiger partial charge in [0.1, 0.15) is 0 Å². The summed E-state index contributed by atoms with van der Waals surface area (Å²) in [6.07, 6.45) is 8.00. The quantitative estimate of drug-likeness (QED) is 0.399. The van der Waals surface area contributed by atoms with E-state index in [1.54, 1.807) is 24.3 Å². The van der Waals surface area contributed by atoms with Gasteiger partial charge in [-0.3, -0.25) is 0 Å². The Hall–Kier alpha value is -1.95. The number of anilines is 1. The topological polar surface area (TPSA) is 52.3 Å². The second kappa shape index (κ2) is 5.67. The predicted octanol–water partition coefficient (Wildman–Crippen LogP) is 1.30. The van der Waals surface area contributed by atoms with Crippen LogP contribution >= 0.6 is 0 Å². The minimum Gasteiger partial charge on any atom is -0.465 e. The SMILES string of the molecule is C#C.COC(=O)c1ccccc1N. The van der Waals surface area contributed by atoms with Crippen molar-refractivity contribution in [2.75, 3.05) is 12.8 Å². The zero-order chi connectivity index (χ0) is 10.3. The van der Waals surface area contributed by atoms with Crippen LogP contribution in [0.3, 0.4) is 0 Å². The zero-order valence-electron chi connectivity index (χ0n) is 7.36. The van der Waals surface area contributed by atoms with Crippen LogP contribution in [0.4, 0.5) is 5.69 Å². The summed E-state index contributed by atoms with van der Waals surface area (Å²) in [5.74, 6) is -0.400. The van der Waals surface area contributed by atoms with Crippen molar-refractivity contribution in [3.05, 3.63) is 29.8 Å². The van der Waals surface area contributed by atoms with E-state index in [-0.39, 0.29) is 0 Å². The molecule has 68 valence electrons. The van der Waals surface area contributed by atoms with Crippen LogP contribution in [0.15, 0.2) is 24.3 Å². The molecule has 0 aromatic heterocycles. The first-order chi connectivity index (χ1) is 6.25. The molecule has 0 amide bonds. The zero-order valence-corrected chi connectivity index (χ0v) is 7.36. The van der Waals surface area contributed by atoms with E-state index in [9.17, 15) is 4.79 Å². The van der Waals surface area contributed by atoms with Crippen molar-refractivity contribution in [3.63, 3.8) is 0 Å². The maximum Gasteiger partial charge on any atom is 0.339 e. The third-order valence-electron chi connectivity index (χ3n) is 1.37. The Morgan fingerprint density at radius 2 is 1.92 bits per heavy atom. The van der Waals surface area contributed by atoms with E-state index in [2.05, 4.69) is 17.6 Å². The van der Waals surface area contributed by atoms with Crippen LogP contribution in [0, 0.1) is 12.8 Å². The highest BCUT2D eigenvalue weighted by Crippen LogP contribution is 2.10. The number of esters is 1. The molecule has 0 unspecified atom stereocenters. The Kier molecular flexibility index (Phi) is 4.82. The number of carbonyl (C=O) groups excluding carboxylic acids is 1. The molecule has 3 nitrogen and oxygen atoms in total. The summed E-state index contributed by atoms with van der Waals surface area (Å²) in [6.45, 7) is 0. The maximum absolute atomic E-state index is 10.9. The van der Waals surface area contributed by atoms with Crippen molar-refractivity contribution >= 4 is 11.7 Å². The van der Waals surface area contributed by atoms with Gasteiger partial charge in [0.15, 0.2) is 0 Å². The van der Waals surface area contributed by atoms with Crippen molar-refractivity contribution in [2.45, 2.75) is 0 Å². The molecule has 0 fully saturated rings. The molecule has 1 rings (SSSR count). The molecule has 13 heavy (non-hydrogen) atoms. The molecular weight excluding hydrogens is 166 g/mol. The first kappa shape index (κ1) is 11.1. The number of benzene rings is 1. The summed E-state index contributed by atoms with van der Waals surface area (Å²) in [5.41, 5.74) is 6.35. The van der Waals surface area contributed by atoms with Gasteiger partial charge in [-0.1, -0.05) is 12.1 Å². The molecule has 1 aromatic carbocycles. The van der Waals surface area contributed by atoms with Gasteiger partial charge in [0.25, 0.3) is 0 Å². The third kappa shape index (κ3) is 2.88. The molecular formula is C10H11NO2. The average Bonchev–Trinajstić information content (AvgIpc) is 2.20. The standard InChI is InChI=1S/C8H9NO2.C2H2/c1-11-8(10)6-4-2-3-5-7(6)9;1-2/h2-5H,9H2,1H3;1-2H. The number of rotatable bonds is 1. The van der Waals surface area contributed by atoms with Crippen LogP contribution in [0.1, 0.15) is 10.4 Å². The van der Waals surface area contributed by atoms with Gasteiger partial charge < -0.3 is 10.5 Å². The van der Waals surface area contributed by atoms with Gasteiger partial charge in [-0.2, -0.15) is 0 Å². The molecule has 0 spiro atoms. The van der Waals surface area contributed by atoms with Crippen molar-refractivity contribution in [2.24, 2.45) is 0 Å². The second-order valence-corrected chi connectivity index (χ2v) is 2.08. The number of carbonyl (C=O) groups is 1. The number of para-hydroxylation sites is 1. The van der Waals surface area contributed by atoms with E-state index in [0.717, 1.165) is 0 Å². The summed E-state index contributed by atoms with van der Waals surface area (Å²) in [4.78, 5) is 10.9. The highest BCUT2D eigenvalue weighted by atomic mass is 16.5. The van der Waals surface area contributed by atoms with Crippen molar-refractivity contribution in [1.82, 2.24) is 0 Å². The van der Waals surface area contributed by atoms with E-state index >= 15 is 0 Å². The number of methoxy groups -OCH3 is 1. The summed E-state index contributed by atoms with van der Waals surface area (Å²) in [6, 6.07) is 6.79. The Balaban J connectivity index is 0.000000671. The number of ether oxygens (including phenoxy) is 1. The number of hydrogen-bond donors (Lipinski definition) is 1. The first-order valence-electron chi connectivity index (χ1n) is 3.52. The van der Waals surface area contributed by atoms with Gasteiger partial charge in [-0.05, 0) is 12.1 Å². The predicted molar refractivity (Wildman–Crippen MR) is 52.1 cm³/mol. The van der Waals surface area contributed by atoms with E-state index in [1.165, 1.54) is 7.11 Å². The lowest BCUT2D eigenvalue weighted by Gasteiger charge is -2.00. The molecule has 0 saturated carbocycles. The molecule has 3 heteroatoms. The lowest BCUT2D eigenvalue weighted by Crippen LogP contribution is -2.04. The lowest BCUT2D eigenvalue weighted by molar-refractivity contribution is 0.0602. The molecule has 0 aliphatic carbocycles. The van der Waals surface area contributed by atoms with Crippen LogP contribution in [-0.4, -0.2) is 13.1 Å². The first-order valence-corrected chi connectivity index (χ1v) is 3.52. The smallest absolute Gasteiger partial charge is 0.339 e. The number of terminal acetylenes is 1. The van der Waals surface area contributed by atoms with Gasteiger partial charge in [-0.25, -0.2) is 4.79 Å². The van der Waals surface area contributed by atoms with Crippen LogP contribution in [0.25, 0.3) is 0 Å². The summed E-state index contributed by atoms with van der Waals surface area (Å²) in [5, 5.41) is 0. The normalized spacial score (nSPS) is 7.92. The van der Waals surface area contributed by atoms with Gasteiger partial charge in [0, 0.05) is 5.69 Å². The van der Waals surface area contributed by atoms with Gasteiger partial charge in [0.2, 0.25) is 0 Å². The fourth-order valence-electron chi connectivity index (χ4n) is 0.793. The molecule has 0 bridgehead atoms. The molecule has 0 atom stereocenters. The Morgan fingerprint density at radius 1 is 1.38 bits per heavy atom. The van der Waals surface area contributed by atoms with Crippen molar-refractivity contribution < 1.29 is 9.53 Å². The Bertz CT molecular complexity index is 305. The summed E-state index contributed by atoms with van der Waals surface area (Å²) in [7, 11) is 1.33. The summed E-state index contributed by atoms with van der Waals surface area (Å²) >= 11 is 0. The maximum atomic E-state index is 10.9. The largest absolute Gasteiger partial charge is 0.465 e. The molecule has 0 aliphatic heterocycles. The Labute approximate surface area is 77.5 Å². The molecule has 0 radical (unpaired) electrons. The molecule has 0 aliphatic rings. The number of nitrogens with two attached hydrogens (primary N) is 1. The number of nitrogen functional groups attached to an aromatic ring is 1. The lowest BCUT2D eigenvalue weighted by atomic mass is 10.2. The summed E-state index contributed by atoms with van der Waals surface area (Å²) < 4.78 is 4.50. The van der Waals surface area contributed by atoms with Crippen LogP contribution in [-0.2, 0) is 4.74 Å². The minimum atomic E-state index is -0.400. The Morgan fingerprint density at radius 3 is 2.38 bits per heavy atom. The van der Waals surface area contributed by atoms with Crippen LogP contribution in [0.5, 0.6) is 0 Å².